The van der Waals surface area contributed by atoms with Crippen LogP contribution in [0.4, 0.5) is 5.13 Å². The summed E-state index contributed by atoms with van der Waals surface area (Å²) in [5.41, 5.74) is 5.98. The smallest absolute Gasteiger partial charge is 0.252 e. The fraction of sp³-hybridized carbons (Fsp3) is 0.364. The van der Waals surface area contributed by atoms with Crippen molar-refractivity contribution in [2.75, 3.05) is 5.32 Å². The van der Waals surface area contributed by atoms with Gasteiger partial charge in [-0.1, -0.05) is 85.9 Å². The lowest BCUT2D eigenvalue weighted by atomic mass is 9.81. The van der Waals surface area contributed by atoms with Gasteiger partial charge in [0, 0.05) is 28.6 Å². The Hall–Kier alpha value is -3.23. The minimum absolute atomic E-state index is 0.191. The molecule has 2 saturated carbocycles. The van der Waals surface area contributed by atoms with Gasteiger partial charge in [0.05, 0.1) is 15.7 Å². The van der Waals surface area contributed by atoms with Gasteiger partial charge in [-0.25, -0.2) is 4.98 Å². The Morgan fingerprint density at radius 3 is 2.61 bits per heavy atom. The van der Waals surface area contributed by atoms with E-state index in [1.807, 2.05) is 12.1 Å². The summed E-state index contributed by atoms with van der Waals surface area (Å²) in [6.07, 6.45) is 15.4. The van der Waals surface area contributed by atoms with Gasteiger partial charge >= 0.3 is 0 Å². The molecule has 3 heterocycles. The lowest BCUT2D eigenvalue weighted by Gasteiger charge is -2.28. The van der Waals surface area contributed by atoms with Crippen molar-refractivity contribution in [2.24, 2.45) is 0 Å². The minimum Gasteiger partial charge on any atom is -0.338 e. The topological polar surface area (TPSA) is 76.0 Å². The number of halogens is 1. The van der Waals surface area contributed by atoms with Crippen LogP contribution in [0, 0.1) is 0 Å². The number of nitrogens with zero attached hydrogens (tertiary/aromatic N) is 2. The van der Waals surface area contributed by atoms with Crippen molar-refractivity contribution in [1.29, 1.82) is 0 Å². The molecule has 210 valence electrons. The molecule has 0 spiro atoms. The highest BCUT2D eigenvalue weighted by atomic mass is 79.9. The van der Waals surface area contributed by atoms with Crippen molar-refractivity contribution >= 4 is 61.2 Å². The van der Waals surface area contributed by atoms with Crippen molar-refractivity contribution in [1.82, 2.24) is 14.9 Å². The summed E-state index contributed by atoms with van der Waals surface area (Å²) in [5, 5.41) is 7.89. The van der Waals surface area contributed by atoms with Gasteiger partial charge in [0.25, 0.3) is 11.8 Å². The minimum atomic E-state index is -0.935. The third-order valence-corrected chi connectivity index (χ3v) is 10.5. The predicted octanol–water partition coefficient (Wildman–Crippen LogP) is 8.28. The first-order valence-corrected chi connectivity index (χ1v) is 16.3. The van der Waals surface area contributed by atoms with Crippen LogP contribution in [0.3, 0.4) is 0 Å². The molecule has 6 nitrogen and oxygen atoms in total. The second-order valence-electron chi connectivity index (χ2n) is 11.6. The Balaban J connectivity index is 1.27. The fourth-order valence-corrected chi connectivity index (χ4v) is 8.25. The Morgan fingerprint density at radius 2 is 1.83 bits per heavy atom. The highest BCUT2D eigenvalue weighted by Gasteiger charge is 2.43. The molecule has 2 aromatic carbocycles. The molecule has 2 aromatic heterocycles. The predicted molar refractivity (Wildman–Crippen MR) is 169 cm³/mol. The van der Waals surface area contributed by atoms with Gasteiger partial charge in [-0.2, -0.15) is 0 Å². The van der Waals surface area contributed by atoms with Crippen molar-refractivity contribution in [3.05, 3.63) is 75.2 Å². The lowest BCUT2D eigenvalue weighted by molar-refractivity contribution is -0.122. The van der Waals surface area contributed by atoms with E-state index in [1.165, 1.54) is 71.2 Å². The molecule has 0 atom stereocenters. The van der Waals surface area contributed by atoms with Crippen LogP contribution in [0.2, 0.25) is 0 Å². The summed E-state index contributed by atoms with van der Waals surface area (Å²) in [6, 6.07) is 14.8. The standard InChI is InChI=1S/C33H33BrN4O2S/c34-27-20-35-32(41-27)36-31(40)33(16-6-7-17-33)37-30(39)23-14-15-25-26(19-23)38-18-8-12-21-9-4-5-13-24(21)29(38)28(25)22-10-2-1-3-11-22/h4-5,8-9,12-15,19-20,22H,1-3,6-7,10-11,16-18H2,(H,37,39)(H,35,36,40). The normalized spacial score (nSPS) is 18.1. The van der Waals surface area contributed by atoms with Gasteiger partial charge in [-0.05, 0) is 70.8 Å². The summed E-state index contributed by atoms with van der Waals surface area (Å²) in [5.74, 6) is 0.123. The number of allylic oxidation sites excluding steroid dienone is 1. The molecule has 0 radical (unpaired) electrons. The number of carbonyl (C=O) groups is 2. The van der Waals surface area contributed by atoms with E-state index in [0.717, 1.165) is 28.7 Å². The summed E-state index contributed by atoms with van der Waals surface area (Å²) in [4.78, 5) is 31.5. The quantitative estimate of drug-likeness (QED) is 0.233. The van der Waals surface area contributed by atoms with Crippen molar-refractivity contribution in [3.63, 3.8) is 0 Å². The van der Waals surface area contributed by atoms with Gasteiger partial charge in [0.15, 0.2) is 5.13 Å². The van der Waals surface area contributed by atoms with Crippen LogP contribution in [-0.2, 0) is 11.3 Å². The first-order valence-electron chi connectivity index (χ1n) is 14.7. The summed E-state index contributed by atoms with van der Waals surface area (Å²) in [7, 11) is 0. The molecule has 2 N–H and O–H groups in total. The zero-order valence-corrected chi connectivity index (χ0v) is 25.3. The molecule has 0 unspecified atom stereocenters. The number of thiazole rings is 1. The Kier molecular flexibility index (Phi) is 7.07. The average Bonchev–Trinajstić information content (AvgIpc) is 3.68. The number of hydrogen-bond donors (Lipinski definition) is 2. The third-order valence-electron chi connectivity index (χ3n) is 9.12. The van der Waals surface area contributed by atoms with E-state index in [9.17, 15) is 9.59 Å². The van der Waals surface area contributed by atoms with E-state index < -0.39 is 5.54 Å². The molecule has 0 saturated heterocycles. The summed E-state index contributed by atoms with van der Waals surface area (Å²) in [6.45, 7) is 0.758. The van der Waals surface area contributed by atoms with Crippen LogP contribution >= 0.6 is 27.3 Å². The van der Waals surface area contributed by atoms with Crippen molar-refractivity contribution < 1.29 is 9.59 Å². The molecular weight excluding hydrogens is 596 g/mol. The highest BCUT2D eigenvalue weighted by molar-refractivity contribution is 9.11. The van der Waals surface area contributed by atoms with Gasteiger partial charge in [0.1, 0.15) is 5.54 Å². The number of benzene rings is 2. The zero-order chi connectivity index (χ0) is 28.0. The summed E-state index contributed by atoms with van der Waals surface area (Å²) < 4.78 is 3.25. The van der Waals surface area contributed by atoms with E-state index in [2.05, 4.69) is 78.6 Å². The van der Waals surface area contributed by atoms with Crippen LogP contribution in [-0.4, -0.2) is 26.9 Å². The van der Waals surface area contributed by atoms with E-state index in [4.69, 9.17) is 0 Å². The molecule has 3 aliphatic rings. The number of nitrogens with one attached hydrogen (secondary N) is 2. The van der Waals surface area contributed by atoms with E-state index in [1.54, 1.807) is 6.20 Å². The number of hydrogen-bond acceptors (Lipinski definition) is 4. The van der Waals surface area contributed by atoms with Crippen LogP contribution in [0.25, 0.3) is 28.2 Å². The maximum Gasteiger partial charge on any atom is 0.252 e. The molecule has 8 heteroatoms. The summed E-state index contributed by atoms with van der Waals surface area (Å²) >= 11 is 4.77. The SMILES string of the molecule is O=C(NC1(C(=O)Nc2ncc(Br)s2)CCCC1)c1ccc2c(C3CCCCC3)c3n(c2c1)CC=Cc1ccccc1-3. The van der Waals surface area contributed by atoms with E-state index in [-0.39, 0.29) is 11.8 Å². The molecule has 2 amide bonds. The van der Waals surface area contributed by atoms with E-state index in [0.29, 0.717) is 29.5 Å². The Bertz CT molecular complexity index is 1670. The molecular formula is C33H33BrN4O2S. The molecule has 2 aliphatic carbocycles. The van der Waals surface area contributed by atoms with Crippen molar-refractivity contribution in [3.8, 4) is 11.3 Å². The van der Waals surface area contributed by atoms with Gasteiger partial charge in [0.2, 0.25) is 0 Å². The van der Waals surface area contributed by atoms with Crippen LogP contribution in [0.1, 0.15) is 85.2 Å². The second-order valence-corrected chi connectivity index (χ2v) is 14.0. The Labute approximate surface area is 252 Å². The number of amides is 2. The molecule has 2 fully saturated rings. The highest BCUT2D eigenvalue weighted by Crippen LogP contribution is 2.46. The zero-order valence-electron chi connectivity index (χ0n) is 22.9. The van der Waals surface area contributed by atoms with Crippen LogP contribution in [0.5, 0.6) is 0 Å². The molecule has 0 bridgehead atoms. The van der Waals surface area contributed by atoms with Crippen LogP contribution < -0.4 is 10.6 Å². The van der Waals surface area contributed by atoms with Gasteiger partial charge < -0.3 is 9.88 Å². The largest absolute Gasteiger partial charge is 0.338 e. The third kappa shape index (κ3) is 4.85. The second kappa shape index (κ2) is 10.9. The van der Waals surface area contributed by atoms with Crippen molar-refractivity contribution in [2.45, 2.75) is 75.8 Å². The maximum atomic E-state index is 13.8. The molecule has 41 heavy (non-hydrogen) atoms. The van der Waals surface area contributed by atoms with Crippen LogP contribution in [0.15, 0.2) is 58.5 Å². The molecule has 7 rings (SSSR count). The number of anilines is 1. The first-order chi connectivity index (χ1) is 20.0. The maximum absolute atomic E-state index is 13.8. The molecule has 1 aliphatic heterocycles. The Morgan fingerprint density at radius 1 is 1.02 bits per heavy atom. The number of carbonyl (C=O) groups excluding carboxylic acids is 2. The van der Waals surface area contributed by atoms with E-state index >= 15 is 0 Å². The monoisotopic (exact) mass is 628 g/mol. The molecule has 4 aromatic rings. The van der Waals surface area contributed by atoms with Gasteiger partial charge in [-0.3, -0.25) is 14.9 Å². The fourth-order valence-electron chi connectivity index (χ4n) is 7.15. The lowest BCUT2D eigenvalue weighted by Crippen LogP contribution is -2.55. The number of aromatic nitrogens is 2. The van der Waals surface area contributed by atoms with Gasteiger partial charge in [-0.15, -0.1) is 0 Å². The average molecular weight is 630 g/mol. The number of rotatable bonds is 5. The number of fused-ring (bicyclic) bond motifs is 5. The first kappa shape index (κ1) is 26.7.